The van der Waals surface area contributed by atoms with Crippen LogP contribution in [0.3, 0.4) is 0 Å². The maximum Gasteiger partial charge on any atom is 0.317 e. The molecule has 21 heavy (non-hydrogen) atoms. The molecule has 1 aliphatic carbocycles. The largest absolute Gasteiger partial charge is 0.480 e. The summed E-state index contributed by atoms with van der Waals surface area (Å²) in [6, 6.07) is 0.342. The van der Waals surface area contributed by atoms with Crippen molar-refractivity contribution in [3.8, 4) is 0 Å². The van der Waals surface area contributed by atoms with Crippen molar-refractivity contribution in [2.24, 2.45) is 0 Å². The Morgan fingerprint density at radius 3 is 2.81 bits per heavy atom. The summed E-state index contributed by atoms with van der Waals surface area (Å²) in [5.41, 5.74) is -0.0216. The van der Waals surface area contributed by atoms with Gasteiger partial charge in [-0.2, -0.15) is 0 Å². The second-order valence-corrected chi connectivity index (χ2v) is 5.70. The molecule has 0 aromatic carbocycles. The number of carboxylic acids is 1. The van der Waals surface area contributed by atoms with Crippen LogP contribution in [-0.4, -0.2) is 58.3 Å². The molecule has 0 spiro atoms. The van der Waals surface area contributed by atoms with Crippen molar-refractivity contribution in [3.05, 3.63) is 22.7 Å². The molecular weight excluding hydrogens is 272 g/mol. The number of hydrogen-bond acceptors (Lipinski definition) is 5. The maximum absolute atomic E-state index is 12.5. The van der Waals surface area contributed by atoms with E-state index >= 15 is 0 Å². The van der Waals surface area contributed by atoms with Crippen LogP contribution in [0.25, 0.3) is 0 Å². The second-order valence-electron chi connectivity index (χ2n) is 5.70. The summed E-state index contributed by atoms with van der Waals surface area (Å²) in [5, 5.41) is 8.87. The van der Waals surface area contributed by atoms with E-state index in [1.54, 1.807) is 17.0 Å². The lowest BCUT2D eigenvalue weighted by Gasteiger charge is -2.22. The lowest BCUT2D eigenvalue weighted by atomic mass is 10.3. The number of carbonyl (C=O) groups is 1. The van der Waals surface area contributed by atoms with E-state index in [1.165, 1.54) is 0 Å². The van der Waals surface area contributed by atoms with Crippen LogP contribution < -0.4 is 10.5 Å². The first-order valence-electron chi connectivity index (χ1n) is 7.41. The van der Waals surface area contributed by atoms with E-state index < -0.39 is 5.97 Å². The lowest BCUT2D eigenvalue weighted by Crippen LogP contribution is -2.37. The van der Waals surface area contributed by atoms with Crippen molar-refractivity contribution < 1.29 is 9.90 Å². The number of carboxylic acid groups (broad SMARTS) is 1. The molecule has 1 aromatic heterocycles. The second kappa shape index (κ2) is 5.85. The van der Waals surface area contributed by atoms with Crippen LogP contribution in [0.2, 0.25) is 0 Å². The normalized spacial score (nSPS) is 20.3. The third kappa shape index (κ3) is 3.24. The van der Waals surface area contributed by atoms with Crippen LogP contribution in [0.4, 0.5) is 5.82 Å². The standard InChI is InChI=1S/C14H20N4O3/c19-12(20)10-16-5-1-6-17(9-8-16)13-14(21)18(7-4-15-13)11-2-3-11/h4,7,11H,1-3,5-6,8-10H2,(H,19,20). The molecule has 7 heteroatoms. The molecule has 1 saturated heterocycles. The molecule has 7 nitrogen and oxygen atoms in total. The van der Waals surface area contributed by atoms with E-state index in [-0.39, 0.29) is 12.1 Å². The number of aliphatic carboxylic acids is 1. The molecule has 0 bridgehead atoms. The van der Waals surface area contributed by atoms with Gasteiger partial charge in [0.25, 0.3) is 5.56 Å². The van der Waals surface area contributed by atoms with E-state index in [4.69, 9.17) is 5.11 Å². The molecule has 114 valence electrons. The van der Waals surface area contributed by atoms with E-state index in [0.717, 1.165) is 32.4 Å². The van der Waals surface area contributed by atoms with E-state index in [0.29, 0.717) is 24.9 Å². The molecule has 1 aromatic rings. The zero-order valence-corrected chi connectivity index (χ0v) is 11.9. The van der Waals surface area contributed by atoms with Crippen LogP contribution >= 0.6 is 0 Å². The van der Waals surface area contributed by atoms with Gasteiger partial charge in [0.2, 0.25) is 0 Å². The van der Waals surface area contributed by atoms with Crippen molar-refractivity contribution in [3.63, 3.8) is 0 Å². The molecule has 1 N–H and O–H groups in total. The minimum absolute atomic E-state index is 0.0216. The van der Waals surface area contributed by atoms with Crippen molar-refractivity contribution in [1.82, 2.24) is 14.5 Å². The molecule has 0 radical (unpaired) electrons. The molecule has 2 heterocycles. The highest BCUT2D eigenvalue weighted by molar-refractivity contribution is 5.69. The predicted molar refractivity (Wildman–Crippen MR) is 77.7 cm³/mol. The zero-order chi connectivity index (χ0) is 14.8. The van der Waals surface area contributed by atoms with Gasteiger partial charge in [0, 0.05) is 44.6 Å². The van der Waals surface area contributed by atoms with Gasteiger partial charge < -0.3 is 14.6 Å². The Balaban J connectivity index is 1.74. The van der Waals surface area contributed by atoms with Gasteiger partial charge in [0.15, 0.2) is 5.82 Å². The van der Waals surface area contributed by atoms with E-state index in [1.807, 2.05) is 9.80 Å². The highest BCUT2D eigenvalue weighted by Crippen LogP contribution is 2.33. The molecule has 0 atom stereocenters. The van der Waals surface area contributed by atoms with Crippen molar-refractivity contribution >= 4 is 11.8 Å². The molecule has 0 unspecified atom stereocenters. The van der Waals surface area contributed by atoms with Crippen molar-refractivity contribution in [1.29, 1.82) is 0 Å². The van der Waals surface area contributed by atoms with Gasteiger partial charge in [-0.15, -0.1) is 0 Å². The summed E-state index contributed by atoms with van der Waals surface area (Å²) in [7, 11) is 0. The first kappa shape index (κ1) is 14.1. The van der Waals surface area contributed by atoms with Gasteiger partial charge in [-0.05, 0) is 19.3 Å². The van der Waals surface area contributed by atoms with Gasteiger partial charge in [-0.3, -0.25) is 14.5 Å². The predicted octanol–water partition coefficient (Wildman–Crippen LogP) is 0.175. The fourth-order valence-electron chi connectivity index (χ4n) is 2.80. The first-order chi connectivity index (χ1) is 10.1. The molecular formula is C14H20N4O3. The minimum atomic E-state index is -0.808. The van der Waals surface area contributed by atoms with Gasteiger partial charge in [-0.25, -0.2) is 4.98 Å². The summed E-state index contributed by atoms with van der Waals surface area (Å²) >= 11 is 0. The number of aromatic nitrogens is 2. The third-order valence-electron chi connectivity index (χ3n) is 4.04. The Kier molecular flexibility index (Phi) is 3.92. The lowest BCUT2D eigenvalue weighted by molar-refractivity contribution is -0.138. The molecule has 2 aliphatic rings. The first-order valence-corrected chi connectivity index (χ1v) is 7.41. The van der Waals surface area contributed by atoms with Crippen LogP contribution in [0.15, 0.2) is 17.2 Å². The van der Waals surface area contributed by atoms with Crippen molar-refractivity contribution in [2.75, 3.05) is 37.6 Å². The van der Waals surface area contributed by atoms with Gasteiger partial charge in [0.05, 0.1) is 6.54 Å². The fourth-order valence-corrected chi connectivity index (χ4v) is 2.80. The molecule has 1 saturated carbocycles. The van der Waals surface area contributed by atoms with Gasteiger partial charge in [-0.1, -0.05) is 0 Å². The summed E-state index contributed by atoms with van der Waals surface area (Å²) in [4.78, 5) is 31.4. The SMILES string of the molecule is O=C(O)CN1CCCN(c2nccn(C3CC3)c2=O)CC1. The highest BCUT2D eigenvalue weighted by Gasteiger charge is 2.27. The summed E-state index contributed by atoms with van der Waals surface area (Å²) in [6.07, 6.45) is 6.42. The van der Waals surface area contributed by atoms with Crippen LogP contribution in [0, 0.1) is 0 Å². The fraction of sp³-hybridized carbons (Fsp3) is 0.643. The Labute approximate surface area is 122 Å². The van der Waals surface area contributed by atoms with Gasteiger partial charge >= 0.3 is 5.97 Å². The van der Waals surface area contributed by atoms with Crippen LogP contribution in [-0.2, 0) is 4.79 Å². The number of anilines is 1. The Morgan fingerprint density at radius 2 is 2.10 bits per heavy atom. The minimum Gasteiger partial charge on any atom is -0.480 e. The number of hydrogen-bond donors (Lipinski definition) is 1. The molecule has 0 amide bonds. The zero-order valence-electron chi connectivity index (χ0n) is 11.9. The summed E-state index contributed by atoms with van der Waals surface area (Å²) < 4.78 is 1.78. The molecule has 3 rings (SSSR count). The third-order valence-corrected chi connectivity index (χ3v) is 4.04. The monoisotopic (exact) mass is 292 g/mol. The van der Waals surface area contributed by atoms with E-state index in [2.05, 4.69) is 4.98 Å². The average molecular weight is 292 g/mol. The summed E-state index contributed by atoms with van der Waals surface area (Å²) in [6.45, 7) is 2.83. The quantitative estimate of drug-likeness (QED) is 0.852. The molecule has 2 fully saturated rings. The Bertz CT molecular complexity index is 582. The topological polar surface area (TPSA) is 78.7 Å². The smallest absolute Gasteiger partial charge is 0.317 e. The Hall–Kier alpha value is -1.89. The van der Waals surface area contributed by atoms with Gasteiger partial charge in [0.1, 0.15) is 0 Å². The van der Waals surface area contributed by atoms with Crippen LogP contribution in [0.1, 0.15) is 25.3 Å². The maximum atomic E-state index is 12.5. The Morgan fingerprint density at radius 1 is 1.29 bits per heavy atom. The van der Waals surface area contributed by atoms with Crippen LogP contribution in [0.5, 0.6) is 0 Å². The number of rotatable bonds is 4. The summed E-state index contributed by atoms with van der Waals surface area (Å²) in [5.74, 6) is -0.307. The number of nitrogens with zero attached hydrogens (tertiary/aromatic N) is 4. The molecule has 1 aliphatic heterocycles. The average Bonchev–Trinajstić information content (AvgIpc) is 3.26. The van der Waals surface area contributed by atoms with E-state index in [9.17, 15) is 9.59 Å². The van der Waals surface area contributed by atoms with Crippen molar-refractivity contribution in [2.45, 2.75) is 25.3 Å². The highest BCUT2D eigenvalue weighted by atomic mass is 16.4.